The molecule has 3 heteroatoms. The fourth-order valence-electron chi connectivity index (χ4n) is 1.72. The van der Waals surface area contributed by atoms with Crippen LogP contribution in [0.2, 0.25) is 0 Å². The number of aromatic amines is 1. The molecular weight excluding hydrogens is 228 g/mol. The summed E-state index contributed by atoms with van der Waals surface area (Å²) in [5.74, 6) is 2.58. The molecule has 1 unspecified atom stereocenters. The van der Waals surface area contributed by atoms with Crippen LogP contribution in [0.15, 0.2) is 35.4 Å². The van der Waals surface area contributed by atoms with Crippen LogP contribution in [0.4, 0.5) is 0 Å². The van der Waals surface area contributed by atoms with E-state index in [1.165, 1.54) is 15.9 Å². The van der Waals surface area contributed by atoms with Crippen LogP contribution in [-0.4, -0.2) is 23.3 Å². The standard InChI is InChI=1S/C14H16N2S/c1-3-8-15-10-11(2)17-14-9-12-6-4-5-7-13(12)16-14/h1,4-7,9,11,15-16H,8,10H2,2H3. The molecule has 0 saturated heterocycles. The molecule has 88 valence electrons. The smallest absolute Gasteiger partial charge is 0.0735 e. The van der Waals surface area contributed by atoms with E-state index in [0.29, 0.717) is 11.8 Å². The van der Waals surface area contributed by atoms with Crippen molar-refractivity contribution in [2.45, 2.75) is 17.2 Å². The Morgan fingerprint density at radius 3 is 3.06 bits per heavy atom. The third-order valence-electron chi connectivity index (χ3n) is 2.49. The topological polar surface area (TPSA) is 27.8 Å². The van der Waals surface area contributed by atoms with Crippen LogP contribution in [0.1, 0.15) is 6.92 Å². The average Bonchev–Trinajstić information content (AvgIpc) is 2.71. The molecule has 1 atom stereocenters. The molecule has 1 heterocycles. The van der Waals surface area contributed by atoms with E-state index in [0.717, 1.165) is 6.54 Å². The summed E-state index contributed by atoms with van der Waals surface area (Å²) in [5, 5.41) is 6.19. The van der Waals surface area contributed by atoms with Gasteiger partial charge in [-0.25, -0.2) is 0 Å². The number of hydrogen-bond acceptors (Lipinski definition) is 2. The molecule has 1 aromatic heterocycles. The molecule has 1 aromatic carbocycles. The van der Waals surface area contributed by atoms with Crippen LogP contribution >= 0.6 is 11.8 Å². The number of hydrogen-bond donors (Lipinski definition) is 2. The SMILES string of the molecule is C#CCNCC(C)Sc1cc2ccccc2[nH]1. The average molecular weight is 244 g/mol. The van der Waals surface area contributed by atoms with Crippen LogP contribution < -0.4 is 5.32 Å². The van der Waals surface area contributed by atoms with Crippen molar-refractivity contribution in [3.05, 3.63) is 30.3 Å². The van der Waals surface area contributed by atoms with Crippen molar-refractivity contribution in [3.8, 4) is 12.3 Å². The molecule has 0 aliphatic carbocycles. The van der Waals surface area contributed by atoms with Gasteiger partial charge in [0.25, 0.3) is 0 Å². The van der Waals surface area contributed by atoms with Gasteiger partial charge in [-0.3, -0.25) is 0 Å². The number of benzene rings is 1. The second kappa shape index (κ2) is 5.81. The zero-order valence-electron chi connectivity index (χ0n) is 9.86. The van der Waals surface area contributed by atoms with E-state index in [9.17, 15) is 0 Å². The van der Waals surface area contributed by atoms with E-state index in [4.69, 9.17) is 6.42 Å². The summed E-state index contributed by atoms with van der Waals surface area (Å²) < 4.78 is 0. The second-order valence-electron chi connectivity index (χ2n) is 3.98. The van der Waals surface area contributed by atoms with Crippen molar-refractivity contribution in [1.29, 1.82) is 0 Å². The fraction of sp³-hybridized carbons (Fsp3) is 0.286. The van der Waals surface area contributed by atoms with Crippen molar-refractivity contribution in [2.24, 2.45) is 0 Å². The molecule has 0 aliphatic rings. The monoisotopic (exact) mass is 244 g/mol. The zero-order chi connectivity index (χ0) is 12.1. The number of rotatable bonds is 5. The lowest BCUT2D eigenvalue weighted by molar-refractivity contribution is 0.747. The van der Waals surface area contributed by atoms with E-state index in [2.05, 4.69) is 47.4 Å². The molecule has 0 fully saturated rings. The predicted octanol–water partition coefficient (Wildman–Crippen LogP) is 2.87. The van der Waals surface area contributed by atoms with Gasteiger partial charge in [0.15, 0.2) is 0 Å². The van der Waals surface area contributed by atoms with E-state index in [1.54, 1.807) is 0 Å². The molecule has 0 amide bonds. The Kier molecular flexibility index (Phi) is 4.13. The number of terminal acetylenes is 1. The first-order chi connectivity index (χ1) is 8.29. The second-order valence-corrected chi connectivity index (χ2v) is 5.46. The van der Waals surface area contributed by atoms with Crippen LogP contribution in [0.5, 0.6) is 0 Å². The minimum Gasteiger partial charge on any atom is -0.350 e. The Bertz CT molecular complexity index is 491. The van der Waals surface area contributed by atoms with Gasteiger partial charge in [0.05, 0.1) is 11.6 Å². The normalized spacial score (nSPS) is 12.5. The van der Waals surface area contributed by atoms with Gasteiger partial charge in [0.2, 0.25) is 0 Å². The van der Waals surface area contributed by atoms with Crippen molar-refractivity contribution >= 4 is 22.7 Å². The lowest BCUT2D eigenvalue weighted by atomic mass is 10.3. The Morgan fingerprint density at radius 2 is 2.29 bits per heavy atom. The van der Waals surface area contributed by atoms with Gasteiger partial charge in [-0.1, -0.05) is 31.0 Å². The highest BCUT2D eigenvalue weighted by atomic mass is 32.2. The summed E-state index contributed by atoms with van der Waals surface area (Å²) in [5.41, 5.74) is 1.19. The Balaban J connectivity index is 1.96. The molecule has 2 N–H and O–H groups in total. The third-order valence-corrected chi connectivity index (χ3v) is 3.54. The highest BCUT2D eigenvalue weighted by molar-refractivity contribution is 7.99. The Labute approximate surface area is 106 Å². The van der Waals surface area contributed by atoms with E-state index >= 15 is 0 Å². The summed E-state index contributed by atoms with van der Waals surface area (Å²) >= 11 is 1.83. The molecule has 0 saturated carbocycles. The molecule has 0 spiro atoms. The highest BCUT2D eigenvalue weighted by Crippen LogP contribution is 2.26. The maximum absolute atomic E-state index is 5.19. The lowest BCUT2D eigenvalue weighted by Gasteiger charge is -2.09. The maximum atomic E-state index is 5.19. The third kappa shape index (κ3) is 3.29. The molecule has 2 nitrogen and oxygen atoms in total. The predicted molar refractivity (Wildman–Crippen MR) is 75.3 cm³/mol. The van der Waals surface area contributed by atoms with Crippen LogP contribution in [-0.2, 0) is 0 Å². The number of thioether (sulfide) groups is 1. The van der Waals surface area contributed by atoms with Crippen LogP contribution in [0.25, 0.3) is 10.9 Å². The molecule has 0 radical (unpaired) electrons. The minimum atomic E-state index is 0.497. The van der Waals surface area contributed by atoms with Crippen molar-refractivity contribution < 1.29 is 0 Å². The first-order valence-electron chi connectivity index (χ1n) is 5.68. The summed E-state index contributed by atoms with van der Waals surface area (Å²) in [7, 11) is 0. The Morgan fingerprint density at radius 1 is 1.47 bits per heavy atom. The van der Waals surface area contributed by atoms with Crippen LogP contribution in [0.3, 0.4) is 0 Å². The summed E-state index contributed by atoms with van der Waals surface area (Å²) in [6.45, 7) is 3.75. The Hall–Kier alpha value is -1.37. The van der Waals surface area contributed by atoms with Crippen molar-refractivity contribution in [2.75, 3.05) is 13.1 Å². The van der Waals surface area contributed by atoms with E-state index < -0.39 is 0 Å². The molecule has 0 bridgehead atoms. The molecule has 0 aliphatic heterocycles. The van der Waals surface area contributed by atoms with E-state index in [-0.39, 0.29) is 0 Å². The van der Waals surface area contributed by atoms with Gasteiger partial charge >= 0.3 is 0 Å². The first-order valence-corrected chi connectivity index (χ1v) is 6.56. The largest absolute Gasteiger partial charge is 0.350 e. The van der Waals surface area contributed by atoms with Gasteiger partial charge in [-0.05, 0) is 12.1 Å². The van der Waals surface area contributed by atoms with Gasteiger partial charge in [-0.2, -0.15) is 0 Å². The maximum Gasteiger partial charge on any atom is 0.0735 e. The molecule has 2 aromatic rings. The van der Waals surface area contributed by atoms with Crippen molar-refractivity contribution in [3.63, 3.8) is 0 Å². The van der Waals surface area contributed by atoms with Gasteiger partial charge < -0.3 is 10.3 Å². The van der Waals surface area contributed by atoms with Gasteiger partial charge in [0, 0.05) is 22.7 Å². The summed E-state index contributed by atoms with van der Waals surface area (Å²) in [4.78, 5) is 3.41. The number of H-pyrrole nitrogens is 1. The molecule has 17 heavy (non-hydrogen) atoms. The number of fused-ring (bicyclic) bond motifs is 1. The first kappa shape index (κ1) is 12.1. The number of aromatic nitrogens is 1. The van der Waals surface area contributed by atoms with E-state index in [1.807, 2.05) is 17.8 Å². The quantitative estimate of drug-likeness (QED) is 0.481. The summed E-state index contributed by atoms with van der Waals surface area (Å²) in [6.07, 6.45) is 5.19. The fourth-order valence-corrected chi connectivity index (χ4v) is 2.71. The number of nitrogens with one attached hydrogen (secondary N) is 2. The molecule has 2 rings (SSSR count). The van der Waals surface area contributed by atoms with Crippen molar-refractivity contribution in [1.82, 2.24) is 10.3 Å². The van der Waals surface area contributed by atoms with Gasteiger partial charge in [0.1, 0.15) is 0 Å². The number of para-hydroxylation sites is 1. The lowest BCUT2D eigenvalue weighted by Crippen LogP contribution is -2.22. The zero-order valence-corrected chi connectivity index (χ0v) is 10.7. The summed E-state index contributed by atoms with van der Waals surface area (Å²) in [6, 6.07) is 10.5. The highest BCUT2D eigenvalue weighted by Gasteiger charge is 2.06. The van der Waals surface area contributed by atoms with Gasteiger partial charge in [-0.15, -0.1) is 18.2 Å². The minimum absolute atomic E-state index is 0.497. The molecular formula is C14H16N2S. The van der Waals surface area contributed by atoms with Crippen LogP contribution in [0, 0.1) is 12.3 Å².